The first-order valence-electron chi connectivity index (χ1n) is 7.01. The second-order valence-corrected chi connectivity index (χ2v) is 7.29. The van der Waals surface area contributed by atoms with E-state index in [-0.39, 0.29) is 0 Å². The molecule has 0 heterocycles. The third-order valence-corrected chi connectivity index (χ3v) is 4.25. The standard InChI is InChI=1S/C13H14BF6NO5S/c1-21(2)9-4-3-7(5-8(9)14)10(22)26-11(12(15,16)17,13(18,19)20)6-27(23,24)25/h3-5H,6,14H2,1-2H3,(H,23,24,25). The van der Waals surface area contributed by atoms with Crippen LogP contribution >= 0.6 is 0 Å². The number of halogens is 6. The Morgan fingerprint density at radius 1 is 1.15 bits per heavy atom. The summed E-state index contributed by atoms with van der Waals surface area (Å²) in [6, 6.07) is 3.18. The zero-order chi connectivity index (χ0) is 21.4. The number of carbonyl (C=O) groups excluding carboxylic acids is 1. The molecular formula is C13H14BF6NO5S. The summed E-state index contributed by atoms with van der Waals surface area (Å²) in [4.78, 5) is 13.5. The quantitative estimate of drug-likeness (QED) is 0.330. The summed E-state index contributed by atoms with van der Waals surface area (Å²) in [5.74, 6) is -4.98. The van der Waals surface area contributed by atoms with Crippen LogP contribution in [0.25, 0.3) is 0 Å². The highest BCUT2D eigenvalue weighted by Gasteiger charge is 2.76. The van der Waals surface area contributed by atoms with E-state index in [1.54, 1.807) is 19.0 Å². The fourth-order valence-corrected chi connectivity index (χ4v) is 3.13. The van der Waals surface area contributed by atoms with Gasteiger partial charge in [0.25, 0.3) is 10.1 Å². The molecule has 0 unspecified atom stereocenters. The van der Waals surface area contributed by atoms with Crippen LogP contribution in [0.2, 0.25) is 0 Å². The molecule has 0 radical (unpaired) electrons. The van der Waals surface area contributed by atoms with Gasteiger partial charge >= 0.3 is 23.9 Å². The van der Waals surface area contributed by atoms with Gasteiger partial charge in [0, 0.05) is 19.8 Å². The van der Waals surface area contributed by atoms with Gasteiger partial charge in [-0.3, -0.25) is 4.55 Å². The van der Waals surface area contributed by atoms with E-state index in [0.717, 1.165) is 12.1 Å². The fraction of sp³-hybridized carbons (Fsp3) is 0.462. The Kier molecular flexibility index (Phi) is 6.18. The van der Waals surface area contributed by atoms with Crippen molar-refractivity contribution in [2.45, 2.75) is 18.0 Å². The third kappa shape index (κ3) is 5.06. The second kappa shape index (κ2) is 7.22. The second-order valence-electron chi connectivity index (χ2n) is 5.83. The monoisotopic (exact) mass is 421 g/mol. The maximum absolute atomic E-state index is 13.1. The normalized spacial score (nSPS) is 13.4. The summed E-state index contributed by atoms with van der Waals surface area (Å²) in [6.07, 6.45) is -12.7. The summed E-state index contributed by atoms with van der Waals surface area (Å²) in [5, 5.41) is 0. The maximum Gasteiger partial charge on any atom is 0.438 e. The Morgan fingerprint density at radius 3 is 1.96 bits per heavy atom. The van der Waals surface area contributed by atoms with E-state index in [4.69, 9.17) is 4.55 Å². The Bertz CT molecular complexity index is 807. The lowest BCUT2D eigenvalue weighted by atomic mass is 9.91. The average Bonchev–Trinajstić information content (AvgIpc) is 2.41. The third-order valence-electron chi connectivity index (χ3n) is 3.48. The van der Waals surface area contributed by atoms with Gasteiger partial charge in [-0.05, 0) is 12.1 Å². The summed E-state index contributed by atoms with van der Waals surface area (Å²) >= 11 is 0. The minimum atomic E-state index is -6.37. The van der Waals surface area contributed by atoms with Crippen LogP contribution in [-0.2, 0) is 14.9 Å². The van der Waals surface area contributed by atoms with Gasteiger partial charge in [-0.2, -0.15) is 34.8 Å². The molecule has 0 saturated heterocycles. The van der Waals surface area contributed by atoms with E-state index >= 15 is 0 Å². The van der Waals surface area contributed by atoms with Crippen LogP contribution in [0.15, 0.2) is 18.2 Å². The first kappa shape index (κ1) is 23.1. The first-order chi connectivity index (χ1) is 11.9. The van der Waals surface area contributed by atoms with Crippen LogP contribution in [0.4, 0.5) is 32.0 Å². The number of esters is 1. The number of anilines is 1. The average molecular weight is 421 g/mol. The van der Waals surface area contributed by atoms with Gasteiger partial charge in [0.2, 0.25) is 0 Å². The highest BCUT2D eigenvalue weighted by molar-refractivity contribution is 7.85. The van der Waals surface area contributed by atoms with Gasteiger partial charge < -0.3 is 9.64 Å². The molecular weight excluding hydrogens is 407 g/mol. The number of hydrogen-bond acceptors (Lipinski definition) is 5. The largest absolute Gasteiger partial charge is 0.438 e. The lowest BCUT2D eigenvalue weighted by molar-refractivity contribution is -0.356. The van der Waals surface area contributed by atoms with E-state index < -0.39 is 45.4 Å². The molecule has 1 aromatic carbocycles. The van der Waals surface area contributed by atoms with Gasteiger partial charge in [0.1, 0.15) is 13.6 Å². The van der Waals surface area contributed by atoms with E-state index in [2.05, 4.69) is 4.74 Å². The van der Waals surface area contributed by atoms with Crippen molar-refractivity contribution >= 4 is 35.1 Å². The summed E-state index contributed by atoms with van der Waals surface area (Å²) < 4.78 is 113. The zero-order valence-electron chi connectivity index (χ0n) is 14.1. The maximum atomic E-state index is 13.1. The molecule has 0 atom stereocenters. The van der Waals surface area contributed by atoms with Gasteiger partial charge in [-0.25, -0.2) is 4.79 Å². The van der Waals surface area contributed by atoms with Crippen molar-refractivity contribution in [3.63, 3.8) is 0 Å². The Balaban J connectivity index is 3.46. The van der Waals surface area contributed by atoms with Crippen LogP contribution in [0.5, 0.6) is 0 Å². The van der Waals surface area contributed by atoms with E-state index in [1.165, 1.54) is 13.9 Å². The molecule has 0 aliphatic heterocycles. The number of nitrogens with zero attached hydrogens (tertiary/aromatic N) is 1. The molecule has 0 saturated carbocycles. The molecule has 27 heavy (non-hydrogen) atoms. The summed E-state index contributed by atoms with van der Waals surface area (Å²) in [5.41, 5.74) is -5.22. The van der Waals surface area contributed by atoms with Crippen molar-refractivity contribution < 1.29 is 48.8 Å². The molecule has 14 heteroatoms. The smallest absolute Gasteiger partial charge is 0.435 e. The highest BCUT2D eigenvalue weighted by Crippen LogP contribution is 2.47. The molecule has 152 valence electrons. The van der Waals surface area contributed by atoms with E-state index in [0.29, 0.717) is 11.2 Å². The van der Waals surface area contributed by atoms with Crippen LogP contribution in [-0.4, -0.2) is 64.6 Å². The number of carbonyl (C=O) groups is 1. The van der Waals surface area contributed by atoms with E-state index in [1.807, 2.05) is 0 Å². The molecule has 0 aliphatic rings. The highest BCUT2D eigenvalue weighted by atomic mass is 32.2. The van der Waals surface area contributed by atoms with Gasteiger partial charge in [-0.1, -0.05) is 11.5 Å². The van der Waals surface area contributed by atoms with Crippen molar-refractivity contribution in [1.82, 2.24) is 0 Å². The van der Waals surface area contributed by atoms with Crippen LogP contribution in [0, 0.1) is 0 Å². The molecule has 0 amide bonds. The van der Waals surface area contributed by atoms with Crippen molar-refractivity contribution in [3.05, 3.63) is 23.8 Å². The topological polar surface area (TPSA) is 83.9 Å². The minimum absolute atomic E-state index is 0.342. The summed E-state index contributed by atoms with van der Waals surface area (Å²) in [7, 11) is -1.14. The molecule has 0 aliphatic carbocycles. The minimum Gasteiger partial charge on any atom is -0.435 e. The van der Waals surface area contributed by atoms with Crippen LogP contribution in [0.1, 0.15) is 10.4 Å². The van der Waals surface area contributed by atoms with Crippen molar-refractivity contribution in [3.8, 4) is 0 Å². The number of rotatable bonds is 5. The molecule has 1 aromatic rings. The van der Waals surface area contributed by atoms with E-state index in [9.17, 15) is 39.6 Å². The molecule has 0 bridgehead atoms. The predicted molar refractivity (Wildman–Crippen MR) is 85.6 cm³/mol. The molecule has 0 spiro atoms. The Morgan fingerprint density at radius 2 is 1.63 bits per heavy atom. The Labute approximate surface area is 151 Å². The molecule has 6 nitrogen and oxygen atoms in total. The van der Waals surface area contributed by atoms with Crippen molar-refractivity contribution in [2.75, 3.05) is 24.7 Å². The molecule has 1 N–H and O–H groups in total. The van der Waals surface area contributed by atoms with Crippen LogP contribution < -0.4 is 10.4 Å². The first-order valence-corrected chi connectivity index (χ1v) is 8.62. The number of hydrogen-bond donors (Lipinski definition) is 1. The number of ether oxygens (including phenoxy) is 1. The van der Waals surface area contributed by atoms with Gasteiger partial charge in [-0.15, -0.1) is 0 Å². The van der Waals surface area contributed by atoms with Gasteiger partial charge in [0.15, 0.2) is 0 Å². The SMILES string of the molecule is Bc1cc(C(=O)OC(CS(=O)(=O)O)(C(F)(F)F)C(F)(F)F)ccc1N(C)C. The number of benzene rings is 1. The zero-order valence-corrected chi connectivity index (χ0v) is 15.0. The van der Waals surface area contributed by atoms with Gasteiger partial charge in [0.05, 0.1) is 5.56 Å². The van der Waals surface area contributed by atoms with Crippen LogP contribution in [0.3, 0.4) is 0 Å². The molecule has 1 rings (SSSR count). The van der Waals surface area contributed by atoms with Crippen molar-refractivity contribution in [2.24, 2.45) is 0 Å². The molecule has 0 fully saturated rings. The Hall–Kier alpha value is -1.96. The fourth-order valence-electron chi connectivity index (χ4n) is 2.23. The molecule has 0 aromatic heterocycles. The lowest BCUT2D eigenvalue weighted by Crippen LogP contribution is -2.63. The predicted octanol–water partition coefficient (Wildman–Crippen LogP) is 0.919. The number of alkyl halides is 6. The van der Waals surface area contributed by atoms with Crippen molar-refractivity contribution in [1.29, 1.82) is 0 Å². The lowest BCUT2D eigenvalue weighted by Gasteiger charge is -2.35. The summed E-state index contributed by atoms with van der Waals surface area (Å²) in [6.45, 7) is 0.